The van der Waals surface area contributed by atoms with Crippen molar-refractivity contribution in [3.8, 4) is 0 Å². The molecule has 1 N–H and O–H groups in total. The normalized spacial score (nSPS) is 18.3. The lowest BCUT2D eigenvalue weighted by molar-refractivity contribution is 0.00702. The minimum atomic E-state index is -0.490. The molecule has 0 bridgehead atoms. The van der Waals surface area contributed by atoms with Crippen molar-refractivity contribution < 1.29 is 9.84 Å². The van der Waals surface area contributed by atoms with Crippen LogP contribution >= 0.6 is 0 Å². The van der Waals surface area contributed by atoms with Gasteiger partial charge < -0.3 is 14.4 Å². The first-order valence-electron chi connectivity index (χ1n) is 8.91. The summed E-state index contributed by atoms with van der Waals surface area (Å²) in [5, 5.41) is 12.3. The van der Waals surface area contributed by atoms with Gasteiger partial charge >= 0.3 is 0 Å². The molecule has 2 atom stereocenters. The van der Waals surface area contributed by atoms with Crippen LogP contribution in [0.25, 0.3) is 10.9 Å². The lowest BCUT2D eigenvalue weighted by Crippen LogP contribution is -2.43. The van der Waals surface area contributed by atoms with Crippen LogP contribution in [-0.4, -0.2) is 53.5 Å². The lowest BCUT2D eigenvalue weighted by atomic mass is 10.00. The molecule has 2 aromatic carbocycles. The molecule has 4 rings (SSSR count). The number of benzene rings is 2. The van der Waals surface area contributed by atoms with E-state index in [2.05, 4.69) is 52.1 Å². The molecule has 0 unspecified atom stereocenters. The maximum Gasteiger partial charge on any atom is 0.0915 e. The highest BCUT2D eigenvalue weighted by molar-refractivity contribution is 5.80. The van der Waals surface area contributed by atoms with E-state index < -0.39 is 6.10 Å². The first-order chi connectivity index (χ1) is 12.3. The average Bonchev–Trinajstić information content (AvgIpc) is 3.08. The Labute approximate surface area is 148 Å². The van der Waals surface area contributed by atoms with Crippen molar-refractivity contribution in [2.24, 2.45) is 0 Å². The summed E-state index contributed by atoms with van der Waals surface area (Å²) in [4.78, 5) is 2.29. The highest BCUT2D eigenvalue weighted by Gasteiger charge is 2.26. The van der Waals surface area contributed by atoms with Crippen LogP contribution in [0.3, 0.4) is 0 Å². The summed E-state index contributed by atoms with van der Waals surface area (Å²) in [7, 11) is 0. The van der Waals surface area contributed by atoms with Gasteiger partial charge in [0.1, 0.15) is 0 Å². The number of aromatic nitrogens is 1. The van der Waals surface area contributed by atoms with E-state index in [1.165, 1.54) is 5.39 Å². The zero-order valence-electron chi connectivity index (χ0n) is 14.3. The molecular formula is C21H24N2O2. The molecular weight excluding hydrogens is 312 g/mol. The summed E-state index contributed by atoms with van der Waals surface area (Å²) in [6.07, 6.45) is 1.60. The lowest BCUT2D eigenvalue weighted by Gasteiger charge is -2.33. The molecule has 0 aliphatic carbocycles. The molecule has 1 saturated heterocycles. The summed E-state index contributed by atoms with van der Waals surface area (Å²) in [5.74, 6) is 0. The first kappa shape index (κ1) is 16.3. The van der Waals surface area contributed by atoms with Crippen molar-refractivity contribution in [2.45, 2.75) is 12.1 Å². The molecule has 1 fully saturated rings. The van der Waals surface area contributed by atoms with Crippen molar-refractivity contribution >= 4 is 10.9 Å². The van der Waals surface area contributed by atoms with Crippen molar-refractivity contribution in [1.82, 2.24) is 9.47 Å². The Kier molecular flexibility index (Phi) is 4.83. The number of hydrogen-bond donors (Lipinski definition) is 1. The van der Waals surface area contributed by atoms with Gasteiger partial charge in [0, 0.05) is 31.3 Å². The van der Waals surface area contributed by atoms with E-state index in [0.29, 0.717) is 6.54 Å². The number of ether oxygens (including phenoxy) is 1. The van der Waals surface area contributed by atoms with Crippen molar-refractivity contribution in [1.29, 1.82) is 0 Å². The van der Waals surface area contributed by atoms with E-state index in [0.717, 1.165) is 37.4 Å². The largest absolute Gasteiger partial charge is 0.389 e. The Bertz CT molecular complexity index is 809. The fourth-order valence-corrected chi connectivity index (χ4v) is 3.71. The number of nitrogens with zero attached hydrogens (tertiary/aromatic N) is 2. The van der Waals surface area contributed by atoms with Gasteiger partial charge in [-0.25, -0.2) is 0 Å². The molecule has 2 heterocycles. The smallest absolute Gasteiger partial charge is 0.0915 e. The van der Waals surface area contributed by atoms with E-state index in [1.54, 1.807) is 0 Å². The first-order valence-corrected chi connectivity index (χ1v) is 8.91. The molecule has 1 aromatic heterocycles. The molecule has 0 spiro atoms. The number of para-hydroxylation sites is 1. The van der Waals surface area contributed by atoms with E-state index >= 15 is 0 Å². The molecule has 4 heteroatoms. The van der Waals surface area contributed by atoms with Gasteiger partial charge in [-0.05, 0) is 23.1 Å². The Hall–Kier alpha value is -2.14. The predicted octanol–water partition coefficient (Wildman–Crippen LogP) is 2.92. The Balaban J connectivity index is 1.69. The summed E-state index contributed by atoms with van der Waals surface area (Å²) >= 11 is 0. The summed E-state index contributed by atoms with van der Waals surface area (Å²) in [6, 6.07) is 20.6. The third kappa shape index (κ3) is 3.47. The van der Waals surface area contributed by atoms with E-state index in [9.17, 15) is 5.11 Å². The second-order valence-electron chi connectivity index (χ2n) is 6.62. The minimum Gasteiger partial charge on any atom is -0.389 e. The van der Waals surface area contributed by atoms with Crippen LogP contribution in [0.15, 0.2) is 66.9 Å². The standard InChI is InChI=1S/C21H24N2O2/c24-20(16-22-12-14-25-15-13-22)21(18-7-2-1-3-8-18)23-11-10-17-6-4-5-9-19(17)23/h1-11,20-21,24H,12-16H2/t20-,21-/m0/s1. The quantitative estimate of drug-likeness (QED) is 0.778. The Morgan fingerprint density at radius 1 is 0.920 bits per heavy atom. The molecule has 25 heavy (non-hydrogen) atoms. The van der Waals surface area contributed by atoms with Gasteiger partial charge in [-0.3, -0.25) is 4.90 Å². The molecule has 1 aliphatic rings. The molecule has 0 saturated carbocycles. The molecule has 1 aliphatic heterocycles. The van der Waals surface area contributed by atoms with Crippen LogP contribution in [0, 0.1) is 0 Å². The van der Waals surface area contributed by atoms with Gasteiger partial charge in [-0.15, -0.1) is 0 Å². The maximum atomic E-state index is 11.1. The fraction of sp³-hybridized carbons (Fsp3) is 0.333. The molecule has 4 nitrogen and oxygen atoms in total. The fourth-order valence-electron chi connectivity index (χ4n) is 3.71. The van der Waals surface area contributed by atoms with E-state index in [-0.39, 0.29) is 6.04 Å². The maximum absolute atomic E-state index is 11.1. The number of fused-ring (bicyclic) bond motifs is 1. The van der Waals surface area contributed by atoms with Crippen LogP contribution in [-0.2, 0) is 4.74 Å². The second kappa shape index (κ2) is 7.40. The Morgan fingerprint density at radius 3 is 2.44 bits per heavy atom. The van der Waals surface area contributed by atoms with Gasteiger partial charge in [-0.2, -0.15) is 0 Å². The van der Waals surface area contributed by atoms with Crippen molar-refractivity contribution in [3.05, 3.63) is 72.4 Å². The zero-order valence-corrected chi connectivity index (χ0v) is 14.3. The summed E-state index contributed by atoms with van der Waals surface area (Å²) < 4.78 is 7.63. The SMILES string of the molecule is O[C@@H](CN1CCOCC1)[C@H](c1ccccc1)n1ccc2ccccc21. The molecule has 130 valence electrons. The van der Waals surface area contributed by atoms with Crippen molar-refractivity contribution in [2.75, 3.05) is 32.8 Å². The minimum absolute atomic E-state index is 0.107. The number of hydrogen-bond acceptors (Lipinski definition) is 3. The van der Waals surface area contributed by atoms with Crippen LogP contribution in [0.2, 0.25) is 0 Å². The highest BCUT2D eigenvalue weighted by Crippen LogP contribution is 2.28. The summed E-state index contributed by atoms with van der Waals surface area (Å²) in [5.41, 5.74) is 2.28. The highest BCUT2D eigenvalue weighted by atomic mass is 16.5. The van der Waals surface area contributed by atoms with Gasteiger partial charge in [-0.1, -0.05) is 48.5 Å². The number of rotatable bonds is 5. The van der Waals surface area contributed by atoms with Crippen LogP contribution < -0.4 is 0 Å². The van der Waals surface area contributed by atoms with Gasteiger partial charge in [0.25, 0.3) is 0 Å². The van der Waals surface area contributed by atoms with Gasteiger partial charge in [0.05, 0.1) is 25.4 Å². The predicted molar refractivity (Wildman–Crippen MR) is 99.8 cm³/mol. The third-order valence-corrected chi connectivity index (χ3v) is 4.98. The van der Waals surface area contributed by atoms with Gasteiger partial charge in [0.2, 0.25) is 0 Å². The van der Waals surface area contributed by atoms with Crippen LogP contribution in [0.5, 0.6) is 0 Å². The molecule has 0 amide bonds. The number of aliphatic hydroxyl groups is 1. The molecule has 0 radical (unpaired) electrons. The van der Waals surface area contributed by atoms with Gasteiger partial charge in [0.15, 0.2) is 0 Å². The second-order valence-corrected chi connectivity index (χ2v) is 6.62. The van der Waals surface area contributed by atoms with E-state index in [1.807, 2.05) is 24.3 Å². The van der Waals surface area contributed by atoms with E-state index in [4.69, 9.17) is 4.74 Å². The number of aliphatic hydroxyl groups excluding tert-OH is 1. The van der Waals surface area contributed by atoms with Crippen LogP contribution in [0.1, 0.15) is 11.6 Å². The summed E-state index contributed by atoms with van der Waals surface area (Å²) in [6.45, 7) is 3.90. The molecule has 3 aromatic rings. The van der Waals surface area contributed by atoms with Crippen LogP contribution in [0.4, 0.5) is 0 Å². The van der Waals surface area contributed by atoms with Crippen molar-refractivity contribution in [3.63, 3.8) is 0 Å². The Morgan fingerprint density at radius 2 is 1.64 bits per heavy atom. The number of morpholine rings is 1. The monoisotopic (exact) mass is 336 g/mol. The third-order valence-electron chi connectivity index (χ3n) is 4.98. The average molecular weight is 336 g/mol. The topological polar surface area (TPSA) is 37.6 Å². The number of β-amino-alcohol motifs (C(OH)–C–C–N with tert-alkyl or cyclic N) is 1. The zero-order chi connectivity index (χ0) is 17.1.